The largest absolute Gasteiger partial charge is 0.497 e. The zero-order valence-corrected chi connectivity index (χ0v) is 16.8. The van der Waals surface area contributed by atoms with E-state index in [-0.39, 0.29) is 11.6 Å². The number of rotatable bonds is 6. The maximum atomic E-state index is 12.5. The van der Waals surface area contributed by atoms with Crippen LogP contribution in [0.4, 0.5) is 11.4 Å². The number of para-hydroxylation sites is 1. The molecule has 0 unspecified atom stereocenters. The van der Waals surface area contributed by atoms with Gasteiger partial charge in [0.2, 0.25) is 0 Å². The predicted molar refractivity (Wildman–Crippen MR) is 117 cm³/mol. The topological polar surface area (TPSA) is 97.1 Å². The van der Waals surface area contributed by atoms with Gasteiger partial charge in [-0.3, -0.25) is 14.9 Å². The molecule has 1 heterocycles. The Labute approximate surface area is 178 Å². The first-order valence-electron chi connectivity index (χ1n) is 9.63. The first kappa shape index (κ1) is 20.1. The fourth-order valence-corrected chi connectivity index (χ4v) is 3.50. The zero-order valence-electron chi connectivity index (χ0n) is 16.8. The van der Waals surface area contributed by atoms with E-state index in [0.29, 0.717) is 17.7 Å². The molecule has 156 valence electrons. The molecule has 8 heteroatoms. The molecule has 0 saturated carbocycles. The fraction of sp³-hybridized carbons (Fsp3) is 0.130. The number of carbonyl (C=O) groups excluding carboxylic acids is 1. The second-order valence-corrected chi connectivity index (χ2v) is 7.05. The third-order valence-corrected chi connectivity index (χ3v) is 5.13. The lowest BCUT2D eigenvalue weighted by molar-refractivity contribution is -0.385. The highest BCUT2D eigenvalue weighted by molar-refractivity contribution is 5.95. The van der Waals surface area contributed by atoms with Crippen molar-refractivity contribution < 1.29 is 14.5 Å². The molecule has 3 aromatic carbocycles. The Morgan fingerprint density at radius 3 is 2.58 bits per heavy atom. The average Bonchev–Trinajstić information content (AvgIpc) is 3.22. The molecule has 0 radical (unpaired) electrons. The molecule has 1 aliphatic heterocycles. The first-order valence-corrected chi connectivity index (χ1v) is 9.63. The molecule has 0 atom stereocenters. The molecule has 0 bridgehead atoms. The normalized spacial score (nSPS) is 12.6. The maximum Gasteiger partial charge on any atom is 0.278 e. The molecule has 8 nitrogen and oxygen atoms in total. The summed E-state index contributed by atoms with van der Waals surface area (Å²) in [5.74, 6) is 0.432. The Bertz CT molecular complexity index is 1160. The number of nitro benzene ring substituents is 1. The molecular weight excluding hydrogens is 396 g/mol. The van der Waals surface area contributed by atoms with Gasteiger partial charge in [0.15, 0.2) is 0 Å². The van der Waals surface area contributed by atoms with Crippen LogP contribution in [0.15, 0.2) is 71.8 Å². The van der Waals surface area contributed by atoms with Crippen molar-refractivity contribution in [1.29, 1.82) is 0 Å². The molecular formula is C23H20N4O4. The number of nitrogens with one attached hydrogen (secondary N) is 1. The summed E-state index contributed by atoms with van der Waals surface area (Å²) < 4.78 is 5.21. The zero-order chi connectivity index (χ0) is 21.8. The molecule has 31 heavy (non-hydrogen) atoms. The summed E-state index contributed by atoms with van der Waals surface area (Å²) in [7, 11) is 1.64. The van der Waals surface area contributed by atoms with Crippen molar-refractivity contribution in [2.45, 2.75) is 13.1 Å². The Kier molecular flexibility index (Phi) is 5.61. The number of carbonyl (C=O) groups is 1. The van der Waals surface area contributed by atoms with Gasteiger partial charge < -0.3 is 9.64 Å². The lowest BCUT2D eigenvalue weighted by atomic mass is 10.1. The van der Waals surface area contributed by atoms with Gasteiger partial charge in [-0.15, -0.1) is 0 Å². The van der Waals surface area contributed by atoms with Crippen LogP contribution in [-0.4, -0.2) is 24.2 Å². The van der Waals surface area contributed by atoms with E-state index in [2.05, 4.69) is 15.4 Å². The van der Waals surface area contributed by atoms with Crippen molar-refractivity contribution in [2.75, 3.05) is 12.0 Å². The summed E-state index contributed by atoms with van der Waals surface area (Å²) in [6, 6.07) is 19.6. The Hall–Kier alpha value is -4.20. The first-order chi connectivity index (χ1) is 15.0. The lowest BCUT2D eigenvalue weighted by Crippen LogP contribution is -2.18. The monoisotopic (exact) mass is 416 g/mol. The van der Waals surface area contributed by atoms with Gasteiger partial charge in [0, 0.05) is 30.4 Å². The lowest BCUT2D eigenvalue weighted by Gasteiger charge is -2.17. The standard InChI is InChI=1S/C23H20N4O4/c1-31-21-10-8-20(9-11-21)26-14-18-7-6-16(12-19(18)15-26)23(28)25-24-13-17-4-2-3-5-22(17)27(29)30/h2-13H,14-15H2,1H3,(H,25,28)/b24-13+. The van der Waals surface area contributed by atoms with Crippen molar-refractivity contribution in [3.63, 3.8) is 0 Å². The minimum Gasteiger partial charge on any atom is -0.497 e. The summed E-state index contributed by atoms with van der Waals surface area (Å²) in [6.07, 6.45) is 1.27. The van der Waals surface area contributed by atoms with Crippen LogP contribution in [0.25, 0.3) is 0 Å². The average molecular weight is 416 g/mol. The van der Waals surface area contributed by atoms with Gasteiger partial charge in [0.05, 0.1) is 23.8 Å². The van der Waals surface area contributed by atoms with Gasteiger partial charge >= 0.3 is 0 Å². The number of ether oxygens (including phenoxy) is 1. The van der Waals surface area contributed by atoms with Crippen LogP contribution in [0.5, 0.6) is 5.75 Å². The van der Waals surface area contributed by atoms with E-state index >= 15 is 0 Å². The molecule has 1 aliphatic rings. The summed E-state index contributed by atoms with van der Waals surface area (Å²) in [6.45, 7) is 1.46. The number of hydrazone groups is 1. The number of methoxy groups -OCH3 is 1. The van der Waals surface area contributed by atoms with E-state index < -0.39 is 4.92 Å². The molecule has 4 rings (SSSR count). The summed E-state index contributed by atoms with van der Waals surface area (Å²) in [5.41, 5.74) is 6.48. The second kappa shape index (κ2) is 8.66. The van der Waals surface area contributed by atoms with E-state index in [4.69, 9.17) is 4.74 Å². The van der Waals surface area contributed by atoms with Crippen molar-refractivity contribution in [3.05, 3.63) is 99.1 Å². The second-order valence-electron chi connectivity index (χ2n) is 7.05. The number of nitro groups is 1. The SMILES string of the molecule is COc1ccc(N2Cc3ccc(C(=O)N/N=C/c4ccccc4[N+](=O)[O-])cc3C2)cc1. The van der Waals surface area contributed by atoms with Gasteiger partial charge in [0.25, 0.3) is 11.6 Å². The minimum atomic E-state index is -0.488. The van der Waals surface area contributed by atoms with Crippen LogP contribution in [0.1, 0.15) is 27.0 Å². The summed E-state index contributed by atoms with van der Waals surface area (Å²) >= 11 is 0. The molecule has 3 aromatic rings. The van der Waals surface area contributed by atoms with Gasteiger partial charge in [-0.1, -0.05) is 18.2 Å². The minimum absolute atomic E-state index is 0.0725. The number of hydrogen-bond acceptors (Lipinski definition) is 6. The summed E-state index contributed by atoms with van der Waals surface area (Å²) in [5, 5.41) is 14.9. The van der Waals surface area contributed by atoms with Gasteiger partial charge in [0.1, 0.15) is 5.75 Å². The van der Waals surface area contributed by atoms with E-state index in [1.165, 1.54) is 12.3 Å². The smallest absolute Gasteiger partial charge is 0.278 e. The third kappa shape index (κ3) is 4.37. The van der Waals surface area contributed by atoms with Crippen LogP contribution in [-0.2, 0) is 13.1 Å². The highest BCUT2D eigenvalue weighted by atomic mass is 16.6. The van der Waals surface area contributed by atoms with E-state index in [1.54, 1.807) is 31.4 Å². The number of fused-ring (bicyclic) bond motifs is 1. The van der Waals surface area contributed by atoms with Crippen molar-refractivity contribution in [1.82, 2.24) is 5.43 Å². The van der Waals surface area contributed by atoms with Crippen molar-refractivity contribution in [2.24, 2.45) is 5.10 Å². The fourth-order valence-electron chi connectivity index (χ4n) is 3.50. The molecule has 1 amide bonds. The van der Waals surface area contributed by atoms with Crippen LogP contribution in [0.2, 0.25) is 0 Å². The Balaban J connectivity index is 1.43. The number of hydrogen-bond donors (Lipinski definition) is 1. The van der Waals surface area contributed by atoms with Gasteiger partial charge in [-0.25, -0.2) is 5.43 Å². The molecule has 0 fully saturated rings. The van der Waals surface area contributed by atoms with Gasteiger partial charge in [-0.05, 0) is 53.6 Å². The van der Waals surface area contributed by atoms with E-state index in [0.717, 1.165) is 29.1 Å². The quantitative estimate of drug-likeness (QED) is 0.374. The van der Waals surface area contributed by atoms with Crippen molar-refractivity contribution >= 4 is 23.5 Å². The van der Waals surface area contributed by atoms with Crippen LogP contribution in [0, 0.1) is 10.1 Å². The third-order valence-electron chi connectivity index (χ3n) is 5.13. The number of anilines is 1. The van der Waals surface area contributed by atoms with Crippen LogP contribution in [0.3, 0.4) is 0 Å². The van der Waals surface area contributed by atoms with Crippen LogP contribution >= 0.6 is 0 Å². The molecule has 0 aliphatic carbocycles. The molecule has 0 spiro atoms. The molecule has 0 aromatic heterocycles. The molecule has 0 saturated heterocycles. The molecule has 1 N–H and O–H groups in total. The van der Waals surface area contributed by atoms with E-state index in [1.807, 2.05) is 36.4 Å². The number of benzene rings is 3. The summed E-state index contributed by atoms with van der Waals surface area (Å²) in [4.78, 5) is 25.3. The van der Waals surface area contributed by atoms with E-state index in [9.17, 15) is 14.9 Å². The number of amides is 1. The highest BCUT2D eigenvalue weighted by Crippen LogP contribution is 2.30. The van der Waals surface area contributed by atoms with Crippen molar-refractivity contribution in [3.8, 4) is 5.75 Å². The van der Waals surface area contributed by atoms with Crippen LogP contribution < -0.4 is 15.1 Å². The predicted octanol–water partition coefficient (Wildman–Crippen LogP) is 3.89. The van der Waals surface area contributed by atoms with Gasteiger partial charge in [-0.2, -0.15) is 5.10 Å². The number of nitrogens with zero attached hydrogens (tertiary/aromatic N) is 3. The highest BCUT2D eigenvalue weighted by Gasteiger charge is 2.21. The maximum absolute atomic E-state index is 12.5. The Morgan fingerprint density at radius 2 is 1.84 bits per heavy atom. The Morgan fingerprint density at radius 1 is 1.10 bits per heavy atom.